The second-order valence-corrected chi connectivity index (χ2v) is 7.74. The van der Waals surface area contributed by atoms with E-state index in [1.807, 2.05) is 49.4 Å². The number of rotatable bonds is 7. The third-order valence-electron chi connectivity index (χ3n) is 5.39. The minimum atomic E-state index is -0.521. The van der Waals surface area contributed by atoms with E-state index in [2.05, 4.69) is 10.3 Å². The molecule has 2 unspecified atom stereocenters. The summed E-state index contributed by atoms with van der Waals surface area (Å²) in [5.74, 6) is 0.517. The highest BCUT2D eigenvalue weighted by atomic mass is 16.3. The molecule has 2 aromatic carbocycles. The Balaban J connectivity index is 1.56. The van der Waals surface area contributed by atoms with E-state index in [-0.39, 0.29) is 23.5 Å². The van der Waals surface area contributed by atoms with Crippen LogP contribution in [0, 0.1) is 6.92 Å². The molecule has 0 radical (unpaired) electrons. The molecule has 6 heteroatoms. The molecule has 0 aliphatic heterocycles. The summed E-state index contributed by atoms with van der Waals surface area (Å²) in [6, 6.07) is 21.0. The van der Waals surface area contributed by atoms with Gasteiger partial charge in [-0.05, 0) is 43.2 Å². The van der Waals surface area contributed by atoms with Gasteiger partial charge in [0.25, 0.3) is 5.91 Å². The van der Waals surface area contributed by atoms with Gasteiger partial charge in [0, 0.05) is 29.6 Å². The molecule has 1 amide bonds. The number of furan rings is 1. The number of aromatic hydroxyl groups is 1. The van der Waals surface area contributed by atoms with Crippen molar-refractivity contribution in [2.24, 2.45) is 5.73 Å². The molecule has 0 aliphatic rings. The molecule has 4 aromatic rings. The number of phenols is 1. The molecule has 0 saturated carbocycles. The van der Waals surface area contributed by atoms with Gasteiger partial charge in [-0.15, -0.1) is 0 Å². The normalized spacial score (nSPS) is 12.8. The lowest BCUT2D eigenvalue weighted by Crippen LogP contribution is -2.31. The van der Waals surface area contributed by atoms with Crippen LogP contribution in [0.3, 0.4) is 0 Å². The number of nitrogens with zero attached hydrogens (tertiary/aromatic N) is 1. The Hall–Kier alpha value is -3.90. The van der Waals surface area contributed by atoms with E-state index in [0.29, 0.717) is 17.7 Å². The Labute approximate surface area is 186 Å². The number of benzene rings is 2. The van der Waals surface area contributed by atoms with Gasteiger partial charge in [-0.2, -0.15) is 0 Å². The van der Waals surface area contributed by atoms with Crippen LogP contribution in [0.4, 0.5) is 0 Å². The standard InChI is InChI=1S/C26H25N3O3/c1-17-8-10-18(11-9-17)24-12-13-25(32-24)26(31)29-22(20-6-2-3-7-23(20)30)15-21(27)19-5-4-14-28-16-19/h2-14,16,21-22,30H,15,27H2,1H3,(H,29,31). The summed E-state index contributed by atoms with van der Waals surface area (Å²) >= 11 is 0. The first-order valence-electron chi connectivity index (χ1n) is 10.4. The number of carbonyl (C=O) groups is 1. The van der Waals surface area contributed by atoms with E-state index in [1.54, 1.807) is 42.7 Å². The fourth-order valence-corrected chi connectivity index (χ4v) is 3.59. The maximum Gasteiger partial charge on any atom is 0.287 e. The van der Waals surface area contributed by atoms with Crippen LogP contribution >= 0.6 is 0 Å². The van der Waals surface area contributed by atoms with Crippen LogP contribution < -0.4 is 11.1 Å². The highest BCUT2D eigenvalue weighted by molar-refractivity contribution is 5.92. The number of aromatic nitrogens is 1. The predicted molar refractivity (Wildman–Crippen MR) is 123 cm³/mol. The highest BCUT2D eigenvalue weighted by Gasteiger charge is 2.23. The van der Waals surface area contributed by atoms with Gasteiger partial charge in [-0.1, -0.05) is 54.1 Å². The van der Waals surface area contributed by atoms with Gasteiger partial charge in [-0.3, -0.25) is 9.78 Å². The van der Waals surface area contributed by atoms with Gasteiger partial charge in [0.05, 0.1) is 6.04 Å². The molecule has 4 N–H and O–H groups in total. The first kappa shape index (κ1) is 21.3. The number of amides is 1. The minimum absolute atomic E-state index is 0.0935. The van der Waals surface area contributed by atoms with Gasteiger partial charge in [0.2, 0.25) is 0 Å². The van der Waals surface area contributed by atoms with Crippen LogP contribution in [0.25, 0.3) is 11.3 Å². The fourth-order valence-electron chi connectivity index (χ4n) is 3.59. The second-order valence-electron chi connectivity index (χ2n) is 7.74. The molecular weight excluding hydrogens is 402 g/mol. The number of hydrogen-bond donors (Lipinski definition) is 3. The number of carbonyl (C=O) groups excluding carboxylic acids is 1. The zero-order valence-corrected chi connectivity index (χ0v) is 17.7. The van der Waals surface area contributed by atoms with Crippen LogP contribution in [0.15, 0.2) is 89.6 Å². The van der Waals surface area contributed by atoms with Crippen molar-refractivity contribution in [1.82, 2.24) is 10.3 Å². The first-order chi connectivity index (χ1) is 15.5. The van der Waals surface area contributed by atoms with Crippen molar-refractivity contribution in [2.75, 3.05) is 0 Å². The average molecular weight is 428 g/mol. The molecule has 2 atom stereocenters. The molecule has 0 fully saturated rings. The van der Waals surface area contributed by atoms with Crippen molar-refractivity contribution < 1.29 is 14.3 Å². The molecule has 32 heavy (non-hydrogen) atoms. The Bertz CT molecular complexity index is 1190. The van der Waals surface area contributed by atoms with Gasteiger partial charge in [0.1, 0.15) is 11.5 Å². The van der Waals surface area contributed by atoms with Gasteiger partial charge >= 0.3 is 0 Å². The van der Waals surface area contributed by atoms with Crippen molar-refractivity contribution in [2.45, 2.75) is 25.4 Å². The molecule has 0 spiro atoms. The van der Waals surface area contributed by atoms with Gasteiger partial charge < -0.3 is 20.6 Å². The maximum absolute atomic E-state index is 13.0. The number of phenolic OH excluding ortho intramolecular Hbond substituents is 1. The third-order valence-corrected chi connectivity index (χ3v) is 5.39. The average Bonchev–Trinajstić information content (AvgIpc) is 3.30. The van der Waals surface area contributed by atoms with E-state index in [4.69, 9.17) is 10.2 Å². The van der Waals surface area contributed by atoms with E-state index in [0.717, 1.165) is 16.7 Å². The molecule has 4 rings (SSSR count). The quantitative estimate of drug-likeness (QED) is 0.389. The number of hydrogen-bond acceptors (Lipinski definition) is 5. The van der Waals surface area contributed by atoms with Crippen molar-refractivity contribution in [3.63, 3.8) is 0 Å². The summed E-state index contributed by atoms with van der Waals surface area (Å²) in [7, 11) is 0. The Kier molecular flexibility index (Phi) is 6.33. The molecule has 0 saturated heterocycles. The van der Waals surface area contributed by atoms with Crippen molar-refractivity contribution >= 4 is 5.91 Å². The van der Waals surface area contributed by atoms with E-state index < -0.39 is 6.04 Å². The van der Waals surface area contributed by atoms with Crippen LogP contribution in [-0.2, 0) is 0 Å². The third kappa shape index (κ3) is 4.87. The molecule has 6 nitrogen and oxygen atoms in total. The smallest absolute Gasteiger partial charge is 0.287 e. The van der Waals surface area contributed by atoms with Crippen LogP contribution in [0.2, 0.25) is 0 Å². The highest BCUT2D eigenvalue weighted by Crippen LogP contribution is 2.31. The van der Waals surface area contributed by atoms with E-state index in [9.17, 15) is 9.90 Å². The van der Waals surface area contributed by atoms with Crippen molar-refractivity contribution in [1.29, 1.82) is 0 Å². The zero-order valence-electron chi connectivity index (χ0n) is 17.7. The van der Waals surface area contributed by atoms with Crippen LogP contribution in [-0.4, -0.2) is 16.0 Å². The largest absolute Gasteiger partial charge is 0.508 e. The summed E-state index contributed by atoms with van der Waals surface area (Å²) in [5, 5.41) is 13.4. The van der Waals surface area contributed by atoms with Crippen molar-refractivity contribution in [3.05, 3.63) is 108 Å². The monoisotopic (exact) mass is 427 g/mol. The summed E-state index contributed by atoms with van der Waals surface area (Å²) < 4.78 is 5.81. The predicted octanol–water partition coefficient (Wildman–Crippen LogP) is 4.92. The lowest BCUT2D eigenvalue weighted by atomic mass is 9.95. The number of pyridine rings is 1. The Morgan fingerprint density at radius 3 is 2.56 bits per heavy atom. The van der Waals surface area contributed by atoms with Gasteiger partial charge in [-0.25, -0.2) is 0 Å². The summed E-state index contributed by atoms with van der Waals surface area (Å²) in [5.41, 5.74) is 9.87. The van der Waals surface area contributed by atoms with Crippen LogP contribution in [0.5, 0.6) is 5.75 Å². The summed E-state index contributed by atoms with van der Waals surface area (Å²) in [6.07, 6.45) is 3.76. The molecule has 162 valence electrons. The first-order valence-corrected chi connectivity index (χ1v) is 10.4. The molecule has 0 bridgehead atoms. The molecule has 0 aliphatic carbocycles. The lowest BCUT2D eigenvalue weighted by molar-refractivity contribution is 0.0905. The Morgan fingerprint density at radius 2 is 1.84 bits per heavy atom. The molecular formula is C26H25N3O3. The number of para-hydroxylation sites is 1. The summed E-state index contributed by atoms with van der Waals surface area (Å²) in [6.45, 7) is 2.01. The van der Waals surface area contributed by atoms with E-state index >= 15 is 0 Å². The zero-order chi connectivity index (χ0) is 22.5. The molecule has 2 heterocycles. The minimum Gasteiger partial charge on any atom is -0.508 e. The topological polar surface area (TPSA) is 101 Å². The maximum atomic E-state index is 13.0. The molecule has 2 aromatic heterocycles. The number of aryl methyl sites for hydroxylation is 1. The van der Waals surface area contributed by atoms with E-state index in [1.165, 1.54) is 0 Å². The second kappa shape index (κ2) is 9.49. The van der Waals surface area contributed by atoms with Crippen molar-refractivity contribution in [3.8, 4) is 17.1 Å². The summed E-state index contributed by atoms with van der Waals surface area (Å²) in [4.78, 5) is 17.1. The van der Waals surface area contributed by atoms with Crippen LogP contribution in [0.1, 0.15) is 45.7 Å². The SMILES string of the molecule is Cc1ccc(-c2ccc(C(=O)NC(CC(N)c3cccnc3)c3ccccc3O)o2)cc1. The van der Waals surface area contributed by atoms with Gasteiger partial charge in [0.15, 0.2) is 5.76 Å². The number of nitrogens with two attached hydrogens (primary N) is 1. The Morgan fingerprint density at radius 1 is 1.06 bits per heavy atom. The number of nitrogens with one attached hydrogen (secondary N) is 1. The lowest BCUT2D eigenvalue weighted by Gasteiger charge is -2.23. The fraction of sp³-hybridized carbons (Fsp3) is 0.154.